The van der Waals surface area contributed by atoms with Crippen LogP contribution in [0.15, 0.2) is 0 Å². The molecule has 0 spiro atoms. The summed E-state index contributed by atoms with van der Waals surface area (Å²) in [7, 11) is 2.96. The average Bonchev–Trinajstić information content (AvgIpc) is 2.38. The minimum atomic E-state index is -0.594. The van der Waals surface area contributed by atoms with Crippen molar-refractivity contribution in [3.05, 3.63) is 0 Å². The number of nitrogens with one attached hydrogen (secondary N) is 1. The normalized spacial score (nSPS) is 20.0. The second-order valence-corrected chi connectivity index (χ2v) is 4.61. The lowest BCUT2D eigenvalue weighted by Gasteiger charge is -2.30. The Balaban J connectivity index is 2.38. The Morgan fingerprint density at radius 3 is 2.61 bits per heavy atom. The van der Waals surface area contributed by atoms with Crippen molar-refractivity contribution in [2.24, 2.45) is 5.92 Å². The number of methoxy groups -OCH3 is 2. The average molecular weight is 258 g/mol. The molecule has 0 bridgehead atoms. The highest BCUT2D eigenvalue weighted by Gasteiger charge is 2.26. The molecular weight excluding hydrogens is 236 g/mol. The van der Waals surface area contributed by atoms with Crippen molar-refractivity contribution in [1.82, 2.24) is 10.2 Å². The Morgan fingerprint density at radius 1 is 1.39 bits per heavy atom. The number of likely N-dealkylation sites (tertiary alicyclic amines) is 1. The van der Waals surface area contributed by atoms with Crippen LogP contribution in [0.1, 0.15) is 19.8 Å². The maximum atomic E-state index is 11.9. The van der Waals surface area contributed by atoms with Crippen molar-refractivity contribution in [2.45, 2.75) is 26.1 Å². The van der Waals surface area contributed by atoms with Crippen molar-refractivity contribution in [3.8, 4) is 0 Å². The van der Waals surface area contributed by atoms with E-state index in [1.165, 1.54) is 14.2 Å². The summed E-state index contributed by atoms with van der Waals surface area (Å²) in [6.45, 7) is 3.57. The van der Waals surface area contributed by atoms with E-state index in [9.17, 15) is 9.59 Å². The molecule has 2 amide bonds. The van der Waals surface area contributed by atoms with Crippen molar-refractivity contribution < 1.29 is 19.1 Å². The molecule has 1 aliphatic heterocycles. The van der Waals surface area contributed by atoms with E-state index < -0.39 is 18.1 Å². The zero-order chi connectivity index (χ0) is 13.5. The van der Waals surface area contributed by atoms with Crippen LogP contribution in [0.3, 0.4) is 0 Å². The first-order chi connectivity index (χ1) is 8.58. The summed E-state index contributed by atoms with van der Waals surface area (Å²) < 4.78 is 9.86. The topological polar surface area (TPSA) is 67.9 Å². The summed E-state index contributed by atoms with van der Waals surface area (Å²) in [5.74, 6) is -0.600. The summed E-state index contributed by atoms with van der Waals surface area (Å²) in [6.07, 6.45) is 1.54. The summed E-state index contributed by atoms with van der Waals surface area (Å²) in [5, 5.41) is 2.52. The van der Waals surface area contributed by atoms with Crippen molar-refractivity contribution in [2.75, 3.05) is 33.9 Å². The molecular formula is C12H22N2O4. The van der Waals surface area contributed by atoms with E-state index in [0.717, 1.165) is 12.8 Å². The number of carbonyl (C=O) groups is 2. The molecule has 1 rings (SSSR count). The quantitative estimate of drug-likeness (QED) is 0.568. The minimum absolute atomic E-state index is 0.168. The zero-order valence-corrected chi connectivity index (χ0v) is 11.3. The predicted molar refractivity (Wildman–Crippen MR) is 65.8 cm³/mol. The number of nitrogens with zero attached hydrogens (tertiary/aromatic N) is 1. The van der Waals surface area contributed by atoms with Gasteiger partial charge in [-0.2, -0.15) is 0 Å². The van der Waals surface area contributed by atoms with E-state index in [2.05, 4.69) is 12.2 Å². The summed E-state index contributed by atoms with van der Waals surface area (Å²) in [5.41, 5.74) is 0. The lowest BCUT2D eigenvalue weighted by Crippen LogP contribution is -2.48. The van der Waals surface area contributed by atoms with Crippen LogP contribution in [0.2, 0.25) is 0 Å². The Labute approximate surface area is 108 Å². The smallest absolute Gasteiger partial charge is 0.311 e. The van der Waals surface area contributed by atoms with Crippen molar-refractivity contribution in [1.29, 1.82) is 0 Å². The van der Waals surface area contributed by atoms with Crippen LogP contribution in [0.25, 0.3) is 0 Å². The Bertz CT molecular complexity index is 292. The second kappa shape index (κ2) is 7.33. The van der Waals surface area contributed by atoms with Crippen LogP contribution in [-0.4, -0.2) is 56.9 Å². The number of amides is 2. The van der Waals surface area contributed by atoms with E-state index in [0.29, 0.717) is 19.0 Å². The van der Waals surface area contributed by atoms with Gasteiger partial charge in [-0.05, 0) is 18.8 Å². The molecule has 1 atom stereocenters. The lowest BCUT2D eigenvalue weighted by atomic mass is 10.0. The Kier molecular flexibility index (Phi) is 6.07. The molecule has 0 aromatic heterocycles. The van der Waals surface area contributed by atoms with Gasteiger partial charge in [0.05, 0.1) is 6.54 Å². The van der Waals surface area contributed by atoms with Gasteiger partial charge in [0.2, 0.25) is 0 Å². The Morgan fingerprint density at radius 2 is 2.06 bits per heavy atom. The largest absolute Gasteiger partial charge is 0.354 e. The zero-order valence-electron chi connectivity index (χ0n) is 11.3. The number of hydrogen-bond donors (Lipinski definition) is 1. The molecule has 0 saturated carbocycles. The van der Waals surface area contributed by atoms with Gasteiger partial charge in [0.25, 0.3) is 0 Å². The molecule has 6 nitrogen and oxygen atoms in total. The third-order valence-electron chi connectivity index (χ3n) is 3.09. The Hall–Kier alpha value is -1.14. The third-order valence-corrected chi connectivity index (χ3v) is 3.09. The fourth-order valence-corrected chi connectivity index (χ4v) is 2.03. The van der Waals surface area contributed by atoms with E-state index in [1.54, 1.807) is 4.90 Å². The van der Waals surface area contributed by atoms with Gasteiger partial charge in [0, 0.05) is 27.3 Å². The number of piperidine rings is 1. The first-order valence-electron chi connectivity index (χ1n) is 6.21. The van der Waals surface area contributed by atoms with Gasteiger partial charge in [0.1, 0.15) is 0 Å². The molecule has 1 heterocycles. The molecule has 18 heavy (non-hydrogen) atoms. The third kappa shape index (κ3) is 4.27. The highest BCUT2D eigenvalue weighted by atomic mass is 16.7. The van der Waals surface area contributed by atoms with Crippen LogP contribution in [-0.2, 0) is 19.1 Å². The van der Waals surface area contributed by atoms with Crippen LogP contribution in [0, 0.1) is 5.92 Å². The predicted octanol–water partition coefficient (Wildman–Crippen LogP) is -0.0200. The van der Waals surface area contributed by atoms with E-state index in [4.69, 9.17) is 9.47 Å². The van der Waals surface area contributed by atoms with Gasteiger partial charge < -0.3 is 19.7 Å². The first kappa shape index (κ1) is 14.9. The van der Waals surface area contributed by atoms with Crippen molar-refractivity contribution in [3.63, 3.8) is 0 Å². The van der Waals surface area contributed by atoms with Gasteiger partial charge in [-0.25, -0.2) is 0 Å². The molecule has 1 aliphatic rings. The maximum absolute atomic E-state index is 11.9. The molecule has 0 aliphatic carbocycles. The van der Waals surface area contributed by atoms with Gasteiger partial charge in [-0.15, -0.1) is 0 Å². The summed E-state index contributed by atoms with van der Waals surface area (Å²) in [4.78, 5) is 25.1. The molecule has 1 unspecified atom stereocenters. The van der Waals surface area contributed by atoms with Crippen molar-refractivity contribution >= 4 is 11.8 Å². The minimum Gasteiger partial charge on any atom is -0.354 e. The molecule has 0 aromatic rings. The fraction of sp³-hybridized carbons (Fsp3) is 0.833. The number of rotatable bonds is 4. The van der Waals surface area contributed by atoms with Crippen LogP contribution in [0.5, 0.6) is 0 Å². The second-order valence-electron chi connectivity index (χ2n) is 4.61. The van der Waals surface area contributed by atoms with Gasteiger partial charge in [-0.1, -0.05) is 6.92 Å². The SMILES string of the molecule is COC(CNC(=O)C(=O)N1CCCC(C)C1)OC. The molecule has 6 heteroatoms. The molecule has 1 N–H and O–H groups in total. The number of carbonyl (C=O) groups excluding carboxylic acids is 2. The molecule has 1 fully saturated rings. The lowest BCUT2D eigenvalue weighted by molar-refractivity contribution is -0.148. The summed E-state index contributed by atoms with van der Waals surface area (Å²) in [6, 6.07) is 0. The van der Waals surface area contributed by atoms with Gasteiger partial charge in [0.15, 0.2) is 6.29 Å². The standard InChI is InChI=1S/C12H22N2O4/c1-9-5-4-6-14(8-9)12(16)11(15)13-7-10(17-2)18-3/h9-10H,4-8H2,1-3H3,(H,13,15). The van der Waals surface area contributed by atoms with Crippen LogP contribution >= 0.6 is 0 Å². The highest BCUT2D eigenvalue weighted by molar-refractivity contribution is 6.35. The maximum Gasteiger partial charge on any atom is 0.311 e. The van der Waals surface area contributed by atoms with Crippen LogP contribution < -0.4 is 5.32 Å². The van der Waals surface area contributed by atoms with E-state index >= 15 is 0 Å². The number of ether oxygens (including phenoxy) is 2. The molecule has 0 radical (unpaired) electrons. The number of hydrogen-bond acceptors (Lipinski definition) is 4. The fourth-order valence-electron chi connectivity index (χ4n) is 2.03. The van der Waals surface area contributed by atoms with E-state index in [1.807, 2.05) is 0 Å². The van der Waals surface area contributed by atoms with Gasteiger partial charge in [-0.3, -0.25) is 9.59 Å². The summed E-state index contributed by atoms with van der Waals surface area (Å²) >= 11 is 0. The molecule has 0 aromatic carbocycles. The monoisotopic (exact) mass is 258 g/mol. The molecule has 104 valence electrons. The van der Waals surface area contributed by atoms with Gasteiger partial charge >= 0.3 is 11.8 Å². The first-order valence-corrected chi connectivity index (χ1v) is 6.21. The highest BCUT2D eigenvalue weighted by Crippen LogP contribution is 2.15. The molecule has 1 saturated heterocycles. The van der Waals surface area contributed by atoms with E-state index in [-0.39, 0.29) is 6.54 Å². The van der Waals surface area contributed by atoms with Crippen LogP contribution in [0.4, 0.5) is 0 Å².